The van der Waals surface area contributed by atoms with Crippen LogP contribution in [0.2, 0.25) is 0 Å². The lowest BCUT2D eigenvalue weighted by Crippen LogP contribution is -2.11. The van der Waals surface area contributed by atoms with Crippen molar-refractivity contribution in [3.63, 3.8) is 0 Å². The maximum Gasteiger partial charge on any atom is 0.161 e. The fraction of sp³-hybridized carbons (Fsp3) is 0.417. The molecule has 3 rings (SSSR count). The van der Waals surface area contributed by atoms with E-state index in [9.17, 15) is 0 Å². The van der Waals surface area contributed by atoms with Crippen molar-refractivity contribution in [2.24, 2.45) is 0 Å². The van der Waals surface area contributed by atoms with Gasteiger partial charge in [-0.05, 0) is 62.2 Å². The molecule has 29 heavy (non-hydrogen) atoms. The molecule has 0 aliphatic carbocycles. The molecule has 0 fully saturated rings. The molecule has 2 aromatic carbocycles. The minimum absolute atomic E-state index is 0.0445. The Morgan fingerprint density at radius 2 is 1.52 bits per heavy atom. The molecule has 0 amide bonds. The molecule has 1 aliphatic heterocycles. The minimum Gasteiger partial charge on any atom is -0.493 e. The molecule has 5 nitrogen and oxygen atoms in total. The van der Waals surface area contributed by atoms with Crippen LogP contribution in [0, 0.1) is 0 Å². The first-order chi connectivity index (χ1) is 14.1. The number of ether oxygens (including phenoxy) is 5. The average molecular weight is 398 g/mol. The van der Waals surface area contributed by atoms with Crippen molar-refractivity contribution in [1.82, 2.24) is 0 Å². The second-order valence-electron chi connectivity index (χ2n) is 6.77. The van der Waals surface area contributed by atoms with E-state index in [2.05, 4.69) is 13.0 Å². The van der Waals surface area contributed by atoms with Crippen LogP contribution >= 0.6 is 0 Å². The molecule has 0 saturated heterocycles. The van der Waals surface area contributed by atoms with Crippen molar-refractivity contribution in [2.75, 3.05) is 27.4 Å². The molecule has 0 radical (unpaired) electrons. The fourth-order valence-electron chi connectivity index (χ4n) is 3.54. The van der Waals surface area contributed by atoms with Crippen LogP contribution in [-0.2, 0) is 4.74 Å². The Balaban J connectivity index is 2.06. The minimum atomic E-state index is -0.0445. The molecule has 5 heteroatoms. The Bertz CT molecular complexity index is 872. The lowest BCUT2D eigenvalue weighted by Gasteiger charge is -2.28. The highest BCUT2D eigenvalue weighted by Crippen LogP contribution is 2.43. The van der Waals surface area contributed by atoms with Gasteiger partial charge in [0.2, 0.25) is 0 Å². The van der Waals surface area contributed by atoms with Crippen molar-refractivity contribution in [3.05, 3.63) is 47.0 Å². The van der Waals surface area contributed by atoms with Gasteiger partial charge in [0.25, 0.3) is 0 Å². The molecule has 2 aromatic rings. The van der Waals surface area contributed by atoms with E-state index >= 15 is 0 Å². The average Bonchev–Trinajstić information content (AvgIpc) is 2.74. The molecule has 0 spiro atoms. The third-order valence-corrected chi connectivity index (χ3v) is 4.87. The van der Waals surface area contributed by atoms with E-state index < -0.39 is 0 Å². The highest BCUT2D eigenvalue weighted by atomic mass is 16.5. The number of methoxy groups -OCH3 is 2. The summed E-state index contributed by atoms with van der Waals surface area (Å²) in [7, 11) is 3.30. The van der Waals surface area contributed by atoms with Gasteiger partial charge in [-0.25, -0.2) is 0 Å². The Labute approximate surface area is 173 Å². The van der Waals surface area contributed by atoms with Gasteiger partial charge in [0.15, 0.2) is 23.0 Å². The van der Waals surface area contributed by atoms with Crippen LogP contribution in [0.15, 0.2) is 30.3 Å². The molecule has 1 unspecified atom stereocenters. The fourth-order valence-corrected chi connectivity index (χ4v) is 3.54. The summed E-state index contributed by atoms with van der Waals surface area (Å²) in [6, 6.07) is 9.96. The monoisotopic (exact) mass is 398 g/mol. The SMILES string of the molecule is CCCC1OC(c2ccc(OCC)c(OCC)c2)=Cc2cc(OC)c(OC)cc21. The van der Waals surface area contributed by atoms with E-state index in [4.69, 9.17) is 23.7 Å². The normalized spacial score (nSPS) is 15.1. The molecular weight excluding hydrogens is 368 g/mol. The third kappa shape index (κ3) is 4.44. The Morgan fingerprint density at radius 3 is 2.17 bits per heavy atom. The zero-order valence-corrected chi connectivity index (χ0v) is 17.9. The molecule has 0 bridgehead atoms. The summed E-state index contributed by atoms with van der Waals surface area (Å²) in [4.78, 5) is 0. The van der Waals surface area contributed by atoms with E-state index in [-0.39, 0.29) is 6.10 Å². The summed E-state index contributed by atoms with van der Waals surface area (Å²) in [5.41, 5.74) is 3.15. The van der Waals surface area contributed by atoms with Crippen LogP contribution in [0.1, 0.15) is 56.4 Å². The van der Waals surface area contributed by atoms with Gasteiger partial charge in [0.1, 0.15) is 11.9 Å². The molecule has 156 valence electrons. The van der Waals surface area contributed by atoms with Gasteiger partial charge >= 0.3 is 0 Å². The van der Waals surface area contributed by atoms with Gasteiger partial charge in [-0.2, -0.15) is 0 Å². The van der Waals surface area contributed by atoms with E-state index in [1.165, 1.54) is 0 Å². The van der Waals surface area contributed by atoms with E-state index in [0.29, 0.717) is 24.7 Å². The third-order valence-electron chi connectivity index (χ3n) is 4.87. The molecule has 1 aliphatic rings. The summed E-state index contributed by atoms with van der Waals surface area (Å²) in [5.74, 6) is 3.70. The predicted molar refractivity (Wildman–Crippen MR) is 115 cm³/mol. The number of fused-ring (bicyclic) bond motifs is 1. The quantitative estimate of drug-likeness (QED) is 0.528. The molecular formula is C24H30O5. The molecule has 1 heterocycles. The van der Waals surface area contributed by atoms with E-state index in [1.807, 2.05) is 44.2 Å². The maximum atomic E-state index is 6.41. The second-order valence-corrected chi connectivity index (χ2v) is 6.77. The lowest BCUT2D eigenvalue weighted by atomic mass is 9.94. The summed E-state index contributed by atoms with van der Waals surface area (Å²) < 4.78 is 28.9. The summed E-state index contributed by atoms with van der Waals surface area (Å²) >= 11 is 0. The van der Waals surface area contributed by atoms with Crippen molar-refractivity contribution < 1.29 is 23.7 Å². The summed E-state index contributed by atoms with van der Waals surface area (Å²) in [6.45, 7) is 7.25. The van der Waals surface area contributed by atoms with E-state index in [0.717, 1.165) is 46.8 Å². The van der Waals surface area contributed by atoms with Crippen molar-refractivity contribution >= 4 is 11.8 Å². The van der Waals surface area contributed by atoms with Crippen LogP contribution in [0.3, 0.4) is 0 Å². The van der Waals surface area contributed by atoms with Crippen LogP contribution in [0.4, 0.5) is 0 Å². The van der Waals surface area contributed by atoms with Gasteiger partial charge in [0.05, 0.1) is 27.4 Å². The zero-order chi connectivity index (χ0) is 20.8. The molecule has 0 aromatic heterocycles. The van der Waals surface area contributed by atoms with Gasteiger partial charge in [-0.15, -0.1) is 0 Å². The first-order valence-corrected chi connectivity index (χ1v) is 10.2. The molecule has 1 atom stereocenters. The first-order valence-electron chi connectivity index (χ1n) is 10.2. The van der Waals surface area contributed by atoms with Crippen LogP contribution < -0.4 is 18.9 Å². The Hall–Kier alpha value is -2.82. The van der Waals surface area contributed by atoms with Gasteiger partial charge in [0, 0.05) is 11.1 Å². The van der Waals surface area contributed by atoms with E-state index in [1.54, 1.807) is 14.2 Å². The highest BCUT2D eigenvalue weighted by Gasteiger charge is 2.25. The first kappa shape index (κ1) is 20.9. The predicted octanol–water partition coefficient (Wildman–Crippen LogP) is 5.87. The van der Waals surface area contributed by atoms with Crippen molar-refractivity contribution in [3.8, 4) is 23.0 Å². The Morgan fingerprint density at radius 1 is 0.828 bits per heavy atom. The van der Waals surface area contributed by atoms with Gasteiger partial charge in [-0.3, -0.25) is 0 Å². The number of hydrogen-bond acceptors (Lipinski definition) is 5. The van der Waals surface area contributed by atoms with Gasteiger partial charge < -0.3 is 23.7 Å². The number of rotatable bonds is 9. The highest BCUT2D eigenvalue weighted by molar-refractivity contribution is 5.82. The largest absolute Gasteiger partial charge is 0.493 e. The smallest absolute Gasteiger partial charge is 0.161 e. The number of benzene rings is 2. The molecule has 0 saturated carbocycles. The van der Waals surface area contributed by atoms with Crippen molar-refractivity contribution in [1.29, 1.82) is 0 Å². The number of hydrogen-bond donors (Lipinski definition) is 0. The summed E-state index contributed by atoms with van der Waals surface area (Å²) in [5, 5.41) is 0. The topological polar surface area (TPSA) is 46.2 Å². The van der Waals surface area contributed by atoms with Crippen LogP contribution in [0.5, 0.6) is 23.0 Å². The van der Waals surface area contributed by atoms with Gasteiger partial charge in [-0.1, -0.05) is 13.3 Å². The molecule has 0 N–H and O–H groups in total. The Kier molecular flexibility index (Phi) is 6.91. The lowest BCUT2D eigenvalue weighted by molar-refractivity contribution is 0.155. The van der Waals surface area contributed by atoms with Crippen LogP contribution in [0.25, 0.3) is 11.8 Å². The maximum absolute atomic E-state index is 6.41. The second kappa shape index (κ2) is 9.59. The summed E-state index contributed by atoms with van der Waals surface area (Å²) in [6.07, 6.45) is 3.93. The van der Waals surface area contributed by atoms with Crippen LogP contribution in [-0.4, -0.2) is 27.4 Å². The zero-order valence-electron chi connectivity index (χ0n) is 17.9. The van der Waals surface area contributed by atoms with Crippen molar-refractivity contribution in [2.45, 2.75) is 39.7 Å². The standard InChI is InChI=1S/C24H30O5/c1-6-9-19-18-15-23(26-5)22(25-4)14-17(18)13-21(29-19)16-10-11-20(27-7-2)24(12-16)28-8-3/h10-15,19H,6-9H2,1-5H3.